The Bertz CT molecular complexity index is 4300. The highest BCUT2D eigenvalue weighted by atomic mass is 32.1. The van der Waals surface area contributed by atoms with Gasteiger partial charge in [-0.05, 0) is 186 Å². The number of rotatable bonds is 6. The molecule has 0 N–H and O–H groups in total. The summed E-state index contributed by atoms with van der Waals surface area (Å²) in [4.78, 5) is 5.39. The van der Waals surface area contributed by atoms with E-state index in [-0.39, 0.29) is 45.1 Å². The van der Waals surface area contributed by atoms with E-state index in [0.29, 0.717) is 0 Å². The van der Waals surface area contributed by atoms with Crippen LogP contribution in [0.2, 0.25) is 0 Å². The quantitative estimate of drug-likeness (QED) is 0.153. The van der Waals surface area contributed by atoms with Crippen molar-refractivity contribution < 1.29 is 0 Å². The number of benzene rings is 9. The van der Waals surface area contributed by atoms with Gasteiger partial charge in [0.2, 0.25) is 6.71 Å². The first-order chi connectivity index (χ1) is 40.1. The van der Waals surface area contributed by atoms with Crippen LogP contribution in [-0.4, -0.2) is 6.71 Å². The standard InChI is InChI=1S/C80H81BN2S/c1-75(2,3)53-32-34-55(35-33-53)82(67-30-23-29-58-57-28-19-20-31-71(57)84-74(58)67)56-36-37-65-69(46-56)83(68-48-63-62(77(7,8)40-41-78(63,9)10)47-59(68)51-26-17-14-18-27-51)70-43-52(50-24-15-13-16-25-50)42-60-61-49-79(11)38-21-22-39-80(79,12)64-44-54(76(4,5)6)45-66(72(61)64)81(65)73(60)70/h13-20,23-37,42-48,61H,21-22,38-41,49H2,1-12H3. The molecule has 1 saturated carbocycles. The molecular weight excluding hydrogens is 1030 g/mol. The Balaban J connectivity index is 1.09. The van der Waals surface area contributed by atoms with Gasteiger partial charge < -0.3 is 9.80 Å². The Labute approximate surface area is 505 Å². The van der Waals surface area contributed by atoms with Crippen LogP contribution in [-0.2, 0) is 27.1 Å². The second kappa shape index (κ2) is 18.7. The van der Waals surface area contributed by atoms with E-state index in [9.17, 15) is 0 Å². The van der Waals surface area contributed by atoms with Crippen molar-refractivity contribution in [1.82, 2.24) is 0 Å². The van der Waals surface area contributed by atoms with Crippen LogP contribution in [0.25, 0.3) is 42.4 Å². The van der Waals surface area contributed by atoms with Gasteiger partial charge in [0.1, 0.15) is 0 Å². The Morgan fingerprint density at radius 3 is 1.86 bits per heavy atom. The van der Waals surface area contributed by atoms with E-state index in [1.54, 1.807) is 11.1 Å². The maximum atomic E-state index is 2.80. The molecule has 84 heavy (non-hydrogen) atoms. The van der Waals surface area contributed by atoms with Crippen LogP contribution in [0.1, 0.15) is 173 Å². The van der Waals surface area contributed by atoms with Crippen LogP contribution in [0.4, 0.5) is 34.1 Å². The van der Waals surface area contributed by atoms with Crippen LogP contribution in [0.3, 0.4) is 0 Å². The first kappa shape index (κ1) is 53.6. The number of thiophene rings is 1. The Morgan fingerprint density at radius 1 is 0.500 bits per heavy atom. The lowest BCUT2D eigenvalue weighted by Crippen LogP contribution is -2.64. The molecule has 0 spiro atoms. The van der Waals surface area contributed by atoms with Gasteiger partial charge in [-0.15, -0.1) is 11.3 Å². The molecule has 1 aromatic heterocycles. The third kappa shape index (κ3) is 8.08. The van der Waals surface area contributed by atoms with Crippen molar-refractivity contribution in [3.05, 3.63) is 221 Å². The zero-order valence-corrected chi connectivity index (χ0v) is 52.5. The molecule has 0 amide bonds. The minimum Gasteiger partial charge on any atom is -0.311 e. The van der Waals surface area contributed by atoms with Crippen molar-refractivity contribution in [2.24, 2.45) is 5.41 Å². The number of hydrogen-bond donors (Lipinski definition) is 0. The molecule has 5 aliphatic rings. The van der Waals surface area contributed by atoms with Gasteiger partial charge in [-0.25, -0.2) is 0 Å². The van der Waals surface area contributed by atoms with E-state index in [1.807, 2.05) is 11.3 Å². The highest BCUT2D eigenvalue weighted by molar-refractivity contribution is 7.26. The minimum atomic E-state index is -0.0431. The molecule has 15 rings (SSSR count). The SMILES string of the molecule is CC(C)(C)c1ccc(N(c2ccc3c(c2)N(c2cc4c(cc2-c2ccccc2)C(C)(C)CCC4(C)C)c2cc(-c4ccccc4)cc4c2B3c2cc(C(C)(C)C)cc3c2C4CC2(C)CCCCC32C)c2cccc3c2sc2ccccc23)cc1. The second-order valence-corrected chi connectivity index (χ2v) is 31.0. The lowest BCUT2D eigenvalue weighted by Gasteiger charge is -2.59. The van der Waals surface area contributed by atoms with E-state index in [0.717, 1.165) is 30.6 Å². The summed E-state index contributed by atoms with van der Waals surface area (Å²) in [7, 11) is 0. The third-order valence-electron chi connectivity index (χ3n) is 21.9. The largest absolute Gasteiger partial charge is 0.311 e. The van der Waals surface area contributed by atoms with E-state index < -0.39 is 0 Å². The molecule has 4 heteroatoms. The Morgan fingerprint density at radius 2 is 1.14 bits per heavy atom. The van der Waals surface area contributed by atoms with Crippen molar-refractivity contribution in [3.63, 3.8) is 0 Å². The smallest absolute Gasteiger partial charge is 0.247 e. The van der Waals surface area contributed by atoms with Crippen LogP contribution >= 0.6 is 11.3 Å². The molecule has 420 valence electrons. The summed E-state index contributed by atoms with van der Waals surface area (Å²) in [6.45, 7) is 29.7. The normalized spacial score (nSPS) is 20.9. The van der Waals surface area contributed by atoms with Gasteiger partial charge in [-0.1, -0.05) is 229 Å². The molecule has 0 bridgehead atoms. The molecule has 2 nitrogen and oxygen atoms in total. The molecule has 3 heterocycles. The minimum absolute atomic E-state index is 0.0106. The fraction of sp³-hybridized carbons (Fsp3) is 0.325. The van der Waals surface area contributed by atoms with Crippen molar-refractivity contribution in [2.45, 2.75) is 161 Å². The third-order valence-corrected chi connectivity index (χ3v) is 23.1. The van der Waals surface area contributed by atoms with Gasteiger partial charge in [-0.2, -0.15) is 0 Å². The first-order valence-electron chi connectivity index (χ1n) is 31.5. The fourth-order valence-electron chi connectivity index (χ4n) is 16.7. The molecule has 1 fully saturated rings. The average molecular weight is 1110 g/mol. The van der Waals surface area contributed by atoms with Crippen molar-refractivity contribution in [2.75, 3.05) is 9.80 Å². The molecule has 9 aromatic carbocycles. The van der Waals surface area contributed by atoms with Gasteiger partial charge in [0, 0.05) is 49.7 Å². The summed E-state index contributed by atoms with van der Waals surface area (Å²) in [5.41, 5.74) is 27.6. The van der Waals surface area contributed by atoms with Gasteiger partial charge >= 0.3 is 0 Å². The predicted molar refractivity (Wildman–Crippen MR) is 364 cm³/mol. The summed E-state index contributed by atoms with van der Waals surface area (Å²) < 4.78 is 2.61. The fourth-order valence-corrected chi connectivity index (χ4v) is 17.9. The number of nitrogens with zero attached hydrogens (tertiary/aromatic N) is 2. The molecular formula is C80H81BN2S. The summed E-state index contributed by atoms with van der Waals surface area (Å²) in [6, 6.07) is 71.9. The molecule has 3 unspecified atom stereocenters. The van der Waals surface area contributed by atoms with E-state index >= 15 is 0 Å². The summed E-state index contributed by atoms with van der Waals surface area (Å²) >= 11 is 1.91. The van der Waals surface area contributed by atoms with Crippen LogP contribution in [0.15, 0.2) is 182 Å². The highest BCUT2D eigenvalue weighted by Gasteiger charge is 2.57. The lowest BCUT2D eigenvalue weighted by molar-refractivity contribution is 0.0602. The highest BCUT2D eigenvalue weighted by Crippen LogP contribution is 2.63. The zero-order chi connectivity index (χ0) is 58.0. The number of hydrogen-bond acceptors (Lipinski definition) is 3. The summed E-state index contributed by atoms with van der Waals surface area (Å²) in [6.07, 6.45) is 8.55. The average Bonchev–Trinajstić information content (AvgIpc) is 2.05. The molecule has 3 atom stereocenters. The van der Waals surface area contributed by atoms with Gasteiger partial charge in [-0.3, -0.25) is 0 Å². The molecule has 2 aliphatic heterocycles. The molecule has 10 aromatic rings. The second-order valence-electron chi connectivity index (χ2n) is 29.9. The summed E-state index contributed by atoms with van der Waals surface area (Å²) in [5, 5.41) is 2.61. The van der Waals surface area contributed by atoms with Crippen LogP contribution in [0.5, 0.6) is 0 Å². The predicted octanol–water partition coefficient (Wildman–Crippen LogP) is 20.8. The van der Waals surface area contributed by atoms with Crippen molar-refractivity contribution in [1.29, 1.82) is 0 Å². The zero-order valence-electron chi connectivity index (χ0n) is 51.7. The van der Waals surface area contributed by atoms with Crippen molar-refractivity contribution in [3.8, 4) is 22.3 Å². The van der Waals surface area contributed by atoms with Gasteiger partial charge in [0.05, 0.1) is 16.1 Å². The van der Waals surface area contributed by atoms with Gasteiger partial charge in [0.25, 0.3) is 0 Å². The maximum absolute atomic E-state index is 2.80. The first-order valence-corrected chi connectivity index (χ1v) is 32.4. The van der Waals surface area contributed by atoms with E-state index in [2.05, 4.69) is 275 Å². The number of fused-ring (bicyclic) bond motifs is 10. The van der Waals surface area contributed by atoms with Crippen molar-refractivity contribution >= 4 is 88.7 Å². The van der Waals surface area contributed by atoms with Crippen LogP contribution < -0.4 is 26.2 Å². The van der Waals surface area contributed by atoms with E-state index in [4.69, 9.17) is 0 Å². The summed E-state index contributed by atoms with van der Waals surface area (Å²) in [5.74, 6) is 0.266. The molecule has 3 aliphatic carbocycles. The maximum Gasteiger partial charge on any atom is 0.247 e. The Hall–Kier alpha value is -7.14. The topological polar surface area (TPSA) is 6.48 Å². The lowest BCUT2D eigenvalue weighted by atomic mass is 9.29. The molecule has 0 saturated heterocycles. The number of anilines is 6. The molecule has 0 radical (unpaired) electrons. The van der Waals surface area contributed by atoms with Crippen LogP contribution in [0, 0.1) is 5.41 Å². The Kier molecular flexibility index (Phi) is 11.9. The van der Waals surface area contributed by atoms with Gasteiger partial charge in [0.15, 0.2) is 0 Å². The van der Waals surface area contributed by atoms with E-state index in [1.165, 1.54) is 135 Å². The monoisotopic (exact) mass is 1110 g/mol.